The normalized spacial score (nSPS) is 14.4. The van der Waals surface area contributed by atoms with Gasteiger partial charge in [0.2, 0.25) is 5.91 Å². The zero-order valence-corrected chi connectivity index (χ0v) is 55.0. The van der Waals surface area contributed by atoms with Crippen LogP contribution in [0.2, 0.25) is 0 Å². The predicted molar refractivity (Wildman–Crippen MR) is 357 cm³/mol. The molecule has 0 fully saturated rings. The van der Waals surface area contributed by atoms with Crippen molar-refractivity contribution in [3.63, 3.8) is 0 Å². The van der Waals surface area contributed by atoms with Crippen LogP contribution in [0.25, 0.3) is 0 Å². The average molecular weight is 1170 g/mol. The summed E-state index contributed by atoms with van der Waals surface area (Å²) in [4.78, 5) is 40.1. The zero-order chi connectivity index (χ0) is 60.7. The second-order valence-electron chi connectivity index (χ2n) is 23.2. The van der Waals surface area contributed by atoms with E-state index in [1.54, 1.807) is 0 Å². The molecule has 0 spiro atoms. The molecule has 474 valence electrons. The first-order chi connectivity index (χ1) is 40.4. The Balaban J connectivity index is 5.21. The Labute approximate surface area is 511 Å². The average Bonchev–Trinajstić information content (AvgIpc) is 3.51. The number of esters is 1. The highest BCUT2D eigenvalue weighted by Crippen LogP contribution is 2.38. The quantitative estimate of drug-likeness (QED) is 0.0212. The van der Waals surface area contributed by atoms with Gasteiger partial charge in [-0.25, -0.2) is 0 Å². The SMILES string of the molecule is CC/C=C\C/C=C\C/C=C\C/C=C\C/C=C\C/C=C\CCCCC(=O)NC(COP(=O)([O-])OCC[N+](C)(C)C)C(/C=C/CCCCCCCCCCC)OC(=O)CCCCCCCCCCC/C=C\C/C=C\C/C=C\C/C=C\CCCCC. The highest BCUT2D eigenvalue weighted by molar-refractivity contribution is 7.45. The first-order valence-corrected chi connectivity index (χ1v) is 35.0. The number of allylic oxidation sites excluding steroid dienone is 21. The molecule has 1 N–H and O–H groups in total. The Morgan fingerprint density at radius 2 is 0.771 bits per heavy atom. The summed E-state index contributed by atoms with van der Waals surface area (Å²) in [6.45, 7) is 6.65. The molecule has 9 nitrogen and oxygen atoms in total. The molecule has 0 aliphatic rings. The van der Waals surface area contributed by atoms with E-state index < -0.39 is 26.6 Å². The number of likely N-dealkylation sites (N-methyl/N-ethyl adjacent to an activating group) is 1. The van der Waals surface area contributed by atoms with Crippen LogP contribution in [0.3, 0.4) is 0 Å². The molecule has 0 saturated heterocycles. The number of phosphoric acid groups is 1. The molecular weight excluding hydrogens is 1050 g/mol. The maximum Gasteiger partial charge on any atom is 0.306 e. The van der Waals surface area contributed by atoms with Crippen LogP contribution in [0, 0.1) is 0 Å². The van der Waals surface area contributed by atoms with Crippen molar-refractivity contribution in [2.45, 2.75) is 277 Å². The molecule has 0 bridgehead atoms. The number of carbonyl (C=O) groups is 2. The highest BCUT2D eigenvalue weighted by Gasteiger charge is 2.27. The number of rotatable bonds is 59. The molecule has 3 atom stereocenters. The van der Waals surface area contributed by atoms with Crippen LogP contribution in [0.15, 0.2) is 134 Å². The summed E-state index contributed by atoms with van der Waals surface area (Å²) in [6, 6.07) is -0.924. The second kappa shape index (κ2) is 61.2. The van der Waals surface area contributed by atoms with E-state index in [4.69, 9.17) is 13.8 Å². The predicted octanol–water partition coefficient (Wildman–Crippen LogP) is 20.6. The lowest BCUT2D eigenvalue weighted by Gasteiger charge is -2.30. The van der Waals surface area contributed by atoms with E-state index in [-0.39, 0.29) is 31.3 Å². The maximum atomic E-state index is 13.5. The molecule has 3 unspecified atom stereocenters. The van der Waals surface area contributed by atoms with E-state index in [1.165, 1.54) is 103 Å². The van der Waals surface area contributed by atoms with E-state index in [2.05, 4.69) is 148 Å². The van der Waals surface area contributed by atoms with E-state index in [9.17, 15) is 19.0 Å². The summed E-state index contributed by atoms with van der Waals surface area (Å²) >= 11 is 0. The number of nitrogens with one attached hydrogen (secondary N) is 1. The summed E-state index contributed by atoms with van der Waals surface area (Å²) in [5, 5.41) is 3.00. The topological polar surface area (TPSA) is 114 Å². The molecule has 0 aromatic carbocycles. The van der Waals surface area contributed by atoms with Gasteiger partial charge < -0.3 is 28.5 Å². The van der Waals surface area contributed by atoms with Gasteiger partial charge in [0.25, 0.3) is 7.82 Å². The van der Waals surface area contributed by atoms with Gasteiger partial charge in [0.05, 0.1) is 33.8 Å². The molecule has 83 heavy (non-hydrogen) atoms. The van der Waals surface area contributed by atoms with Gasteiger partial charge in [-0.1, -0.05) is 258 Å². The minimum Gasteiger partial charge on any atom is -0.756 e. The van der Waals surface area contributed by atoms with Gasteiger partial charge in [-0.2, -0.15) is 0 Å². The van der Waals surface area contributed by atoms with Gasteiger partial charge in [0, 0.05) is 12.8 Å². The van der Waals surface area contributed by atoms with E-state index >= 15 is 0 Å². The van der Waals surface area contributed by atoms with Gasteiger partial charge in [0.1, 0.15) is 19.3 Å². The summed E-state index contributed by atoms with van der Waals surface area (Å²) in [5.74, 6) is -0.607. The largest absolute Gasteiger partial charge is 0.756 e. The third-order valence-corrected chi connectivity index (χ3v) is 15.0. The van der Waals surface area contributed by atoms with E-state index in [0.717, 1.165) is 116 Å². The minimum atomic E-state index is -4.72. The Morgan fingerprint density at radius 1 is 0.434 bits per heavy atom. The standard InChI is InChI=1S/C73H125N2O7P/c1-7-10-13-16-19-22-25-27-29-31-33-35-36-37-38-40-42-44-46-48-51-54-57-60-63-66-73(77)82-71(64-61-58-55-52-49-24-21-18-15-12-9-3)70(69-81-83(78,79)80-68-67-75(4,5)6)74-72(76)65-62-59-56-53-50-47-45-43-41-39-34-32-30-28-26-23-20-17-14-11-8-2/h11,14,19-20,22-23,27-30,33-35,37-39,43,45,50,53,61,64,70-71H,7-10,12-13,15-18,21,24-26,31-32,36,40-42,44,46-49,51-52,54-60,62-63,65-69H2,1-6H3,(H-,74,76,78,79)/b14-11-,22-19-,23-20-,29-27-,30-28-,35-33-,38-37-,39-34-,45-43-,53-50-,64-61+. The van der Waals surface area contributed by atoms with Crippen molar-refractivity contribution in [1.82, 2.24) is 5.32 Å². The number of quaternary nitrogens is 1. The van der Waals surface area contributed by atoms with Gasteiger partial charge in [-0.05, 0) is 128 Å². The maximum absolute atomic E-state index is 13.5. The molecule has 0 aromatic rings. The number of ether oxygens (including phenoxy) is 1. The lowest BCUT2D eigenvalue weighted by atomic mass is 10.1. The Morgan fingerprint density at radius 3 is 1.19 bits per heavy atom. The van der Waals surface area contributed by atoms with Crippen molar-refractivity contribution in [1.29, 1.82) is 0 Å². The number of unbranched alkanes of at least 4 members (excludes halogenated alkanes) is 23. The van der Waals surface area contributed by atoms with Crippen molar-refractivity contribution < 1.29 is 37.3 Å². The molecular formula is C73H125N2O7P. The number of nitrogens with zero attached hydrogens (tertiary/aromatic N) is 1. The number of amides is 1. The van der Waals surface area contributed by atoms with Crippen LogP contribution >= 0.6 is 7.82 Å². The van der Waals surface area contributed by atoms with Crippen LogP contribution in [-0.4, -0.2) is 69.4 Å². The van der Waals surface area contributed by atoms with Crippen molar-refractivity contribution in [2.75, 3.05) is 40.9 Å². The first-order valence-electron chi connectivity index (χ1n) is 33.5. The number of carbonyl (C=O) groups excluding carboxylic acids is 2. The summed E-state index contributed by atoms with van der Waals surface area (Å²) < 4.78 is 30.3. The van der Waals surface area contributed by atoms with Crippen molar-refractivity contribution in [3.05, 3.63) is 134 Å². The lowest BCUT2D eigenvalue weighted by molar-refractivity contribution is -0.870. The van der Waals surface area contributed by atoms with Crippen molar-refractivity contribution >= 4 is 19.7 Å². The van der Waals surface area contributed by atoms with Gasteiger partial charge in [-0.3, -0.25) is 14.2 Å². The van der Waals surface area contributed by atoms with E-state index in [0.29, 0.717) is 23.9 Å². The lowest BCUT2D eigenvalue weighted by Crippen LogP contribution is -2.47. The second-order valence-corrected chi connectivity index (χ2v) is 24.6. The van der Waals surface area contributed by atoms with Crippen molar-refractivity contribution in [3.8, 4) is 0 Å². The highest BCUT2D eigenvalue weighted by atomic mass is 31.2. The fraction of sp³-hybridized carbons (Fsp3) is 0.671. The molecule has 1 amide bonds. The first kappa shape index (κ1) is 79.2. The van der Waals surface area contributed by atoms with Crippen LogP contribution in [0.1, 0.15) is 265 Å². The Kier molecular flexibility index (Phi) is 58.4. The van der Waals surface area contributed by atoms with Crippen molar-refractivity contribution in [2.24, 2.45) is 0 Å². The summed E-state index contributed by atoms with van der Waals surface area (Å²) in [7, 11) is 1.13. The fourth-order valence-corrected chi connectivity index (χ4v) is 9.64. The summed E-state index contributed by atoms with van der Waals surface area (Å²) in [6.07, 6.45) is 87.2. The Hall–Kier alpha value is -3.85. The number of hydrogen-bond donors (Lipinski definition) is 1. The van der Waals surface area contributed by atoms with E-state index in [1.807, 2.05) is 33.3 Å². The van der Waals surface area contributed by atoms with Gasteiger partial charge in [0.15, 0.2) is 0 Å². The minimum absolute atomic E-state index is 0.0392. The molecule has 0 aromatic heterocycles. The smallest absolute Gasteiger partial charge is 0.306 e. The van der Waals surface area contributed by atoms with Crippen LogP contribution in [0.5, 0.6) is 0 Å². The third kappa shape index (κ3) is 62.5. The molecule has 0 aliphatic carbocycles. The number of phosphoric ester groups is 1. The van der Waals surface area contributed by atoms with Gasteiger partial charge >= 0.3 is 5.97 Å². The third-order valence-electron chi connectivity index (χ3n) is 14.1. The molecule has 0 heterocycles. The molecule has 0 rings (SSSR count). The molecule has 0 radical (unpaired) electrons. The Bertz CT molecular complexity index is 1880. The zero-order valence-electron chi connectivity index (χ0n) is 54.1. The van der Waals surface area contributed by atoms with Crippen LogP contribution in [-0.2, 0) is 27.9 Å². The molecule has 0 saturated carbocycles. The fourth-order valence-electron chi connectivity index (χ4n) is 8.92. The van der Waals surface area contributed by atoms with Crippen LogP contribution < -0.4 is 10.2 Å². The van der Waals surface area contributed by atoms with Crippen LogP contribution in [0.4, 0.5) is 0 Å². The van der Waals surface area contributed by atoms with Gasteiger partial charge in [-0.15, -0.1) is 0 Å². The molecule has 10 heteroatoms. The number of hydrogen-bond acceptors (Lipinski definition) is 7. The summed E-state index contributed by atoms with van der Waals surface area (Å²) in [5.41, 5.74) is 0. The molecule has 0 aliphatic heterocycles. The monoisotopic (exact) mass is 1170 g/mol.